The molecule has 1 atom stereocenters. The van der Waals surface area contributed by atoms with Gasteiger partial charge < -0.3 is 14.2 Å². The van der Waals surface area contributed by atoms with Crippen molar-refractivity contribution in [3.8, 4) is 17.2 Å². The monoisotopic (exact) mass is 452 g/mol. The highest BCUT2D eigenvalue weighted by Gasteiger charge is 2.27. The second kappa shape index (κ2) is 10.3. The predicted molar refractivity (Wildman–Crippen MR) is 116 cm³/mol. The van der Waals surface area contributed by atoms with Gasteiger partial charge in [0.15, 0.2) is 11.5 Å². The summed E-state index contributed by atoms with van der Waals surface area (Å²) >= 11 is 0. The van der Waals surface area contributed by atoms with Crippen molar-refractivity contribution in [1.29, 1.82) is 0 Å². The molecule has 2 aromatic carbocycles. The molecule has 0 spiro atoms. The summed E-state index contributed by atoms with van der Waals surface area (Å²) in [6.07, 6.45) is 3.28. The topological polar surface area (TPSA) is 77.1 Å². The zero-order chi connectivity index (χ0) is 22.4. The van der Waals surface area contributed by atoms with Gasteiger partial charge >= 0.3 is 0 Å². The molecule has 3 rings (SSSR count). The molecule has 1 aliphatic rings. The second-order valence-electron chi connectivity index (χ2n) is 7.38. The smallest absolute Gasteiger partial charge is 0.243 e. The number of sulfonamides is 1. The Balaban J connectivity index is 1.86. The van der Waals surface area contributed by atoms with Crippen molar-refractivity contribution in [2.75, 3.05) is 41.0 Å². The molecule has 0 aliphatic carbocycles. The van der Waals surface area contributed by atoms with Crippen LogP contribution in [-0.2, 0) is 10.0 Å². The van der Waals surface area contributed by atoms with E-state index in [1.165, 1.54) is 14.2 Å². The number of hydrogen-bond acceptors (Lipinski definition) is 6. The molecule has 1 unspecified atom stereocenters. The first-order valence-corrected chi connectivity index (χ1v) is 11.7. The predicted octanol–water partition coefficient (Wildman–Crippen LogP) is 3.36. The van der Waals surface area contributed by atoms with Gasteiger partial charge in [-0.25, -0.2) is 17.5 Å². The fourth-order valence-corrected chi connectivity index (χ4v) is 4.93. The molecule has 1 heterocycles. The van der Waals surface area contributed by atoms with Crippen LogP contribution in [0.3, 0.4) is 0 Å². The van der Waals surface area contributed by atoms with Crippen molar-refractivity contribution >= 4 is 10.0 Å². The first-order chi connectivity index (χ1) is 14.9. The molecular formula is C22H29FN2O5S. The zero-order valence-electron chi connectivity index (χ0n) is 18.1. The average molecular weight is 453 g/mol. The Hall–Kier alpha value is -2.36. The molecule has 170 valence electrons. The molecule has 9 heteroatoms. The number of hydrogen-bond donors (Lipinski definition) is 1. The summed E-state index contributed by atoms with van der Waals surface area (Å²) < 4.78 is 58.5. The van der Waals surface area contributed by atoms with Gasteiger partial charge in [0.25, 0.3) is 0 Å². The van der Waals surface area contributed by atoms with E-state index in [0.717, 1.165) is 55.8 Å². The highest BCUT2D eigenvalue weighted by molar-refractivity contribution is 7.89. The maximum absolute atomic E-state index is 14.6. The summed E-state index contributed by atoms with van der Waals surface area (Å²) in [5, 5.41) is 0. The summed E-state index contributed by atoms with van der Waals surface area (Å²) in [7, 11) is 0.219. The van der Waals surface area contributed by atoms with Gasteiger partial charge in [-0.05, 0) is 43.6 Å². The third-order valence-electron chi connectivity index (χ3n) is 5.53. The van der Waals surface area contributed by atoms with Crippen LogP contribution < -0.4 is 18.9 Å². The summed E-state index contributed by atoms with van der Waals surface area (Å²) in [5.41, 5.74) is 0.971. The first kappa shape index (κ1) is 23.3. The van der Waals surface area contributed by atoms with E-state index >= 15 is 0 Å². The average Bonchev–Trinajstić information content (AvgIpc) is 2.79. The number of benzene rings is 2. The quantitative estimate of drug-likeness (QED) is 0.629. The van der Waals surface area contributed by atoms with E-state index < -0.39 is 20.7 Å². The van der Waals surface area contributed by atoms with Crippen LogP contribution in [0.5, 0.6) is 17.2 Å². The Morgan fingerprint density at radius 2 is 1.58 bits per heavy atom. The Labute approximate surface area is 183 Å². The van der Waals surface area contributed by atoms with Crippen LogP contribution in [-0.4, -0.2) is 54.3 Å². The molecule has 1 N–H and O–H groups in total. The molecule has 0 amide bonds. The lowest BCUT2D eigenvalue weighted by Gasteiger charge is -2.35. The Bertz CT molecular complexity index is 976. The summed E-state index contributed by atoms with van der Waals surface area (Å²) in [4.78, 5) is 1.79. The van der Waals surface area contributed by atoms with Crippen molar-refractivity contribution in [2.24, 2.45) is 0 Å². The van der Waals surface area contributed by atoms with E-state index in [4.69, 9.17) is 14.2 Å². The van der Waals surface area contributed by atoms with Crippen LogP contribution in [0, 0.1) is 5.82 Å². The number of likely N-dealkylation sites (tertiary alicyclic amines) is 1. The molecule has 2 aromatic rings. The van der Waals surface area contributed by atoms with Gasteiger partial charge in [0.05, 0.1) is 21.3 Å². The van der Waals surface area contributed by atoms with Gasteiger partial charge in [-0.2, -0.15) is 0 Å². The molecule has 0 radical (unpaired) electrons. The van der Waals surface area contributed by atoms with E-state index in [1.54, 1.807) is 7.11 Å². The Kier molecular flexibility index (Phi) is 7.74. The van der Waals surface area contributed by atoms with Gasteiger partial charge in [-0.1, -0.05) is 18.6 Å². The van der Waals surface area contributed by atoms with Crippen LogP contribution in [0.4, 0.5) is 4.39 Å². The SMILES string of the molecule is COc1ccc(C(CNS(=O)(=O)c2cc(OC)c(OC)cc2F)N2CCCCC2)cc1. The van der Waals surface area contributed by atoms with Crippen LogP contribution >= 0.6 is 0 Å². The number of methoxy groups -OCH3 is 3. The van der Waals surface area contributed by atoms with E-state index in [9.17, 15) is 12.8 Å². The minimum atomic E-state index is -4.11. The fraction of sp³-hybridized carbons (Fsp3) is 0.455. The van der Waals surface area contributed by atoms with Crippen LogP contribution in [0.2, 0.25) is 0 Å². The summed E-state index contributed by atoms with van der Waals surface area (Å²) in [6, 6.07) is 9.55. The van der Waals surface area contributed by atoms with Crippen LogP contribution in [0.25, 0.3) is 0 Å². The highest BCUT2D eigenvalue weighted by Crippen LogP contribution is 2.32. The van der Waals surface area contributed by atoms with E-state index in [1.807, 2.05) is 24.3 Å². The molecule has 7 nitrogen and oxygen atoms in total. The maximum Gasteiger partial charge on any atom is 0.243 e. The number of piperidine rings is 1. The Morgan fingerprint density at radius 3 is 2.16 bits per heavy atom. The van der Waals surface area contributed by atoms with E-state index in [-0.39, 0.29) is 24.1 Å². The first-order valence-electron chi connectivity index (χ1n) is 10.2. The number of nitrogens with zero attached hydrogens (tertiary/aromatic N) is 1. The lowest BCUT2D eigenvalue weighted by Crippen LogP contribution is -2.40. The second-order valence-corrected chi connectivity index (χ2v) is 9.11. The maximum atomic E-state index is 14.6. The molecule has 0 bridgehead atoms. The van der Waals surface area contributed by atoms with E-state index in [0.29, 0.717) is 0 Å². The van der Waals surface area contributed by atoms with Crippen molar-refractivity contribution in [1.82, 2.24) is 9.62 Å². The number of nitrogens with one attached hydrogen (secondary N) is 1. The van der Waals surface area contributed by atoms with Gasteiger partial charge in [0.2, 0.25) is 10.0 Å². The number of ether oxygens (including phenoxy) is 3. The van der Waals surface area contributed by atoms with Gasteiger partial charge in [0.1, 0.15) is 16.5 Å². The number of halogens is 1. The molecular weight excluding hydrogens is 423 g/mol. The number of rotatable bonds is 9. The van der Waals surface area contributed by atoms with Crippen LogP contribution in [0.15, 0.2) is 41.3 Å². The molecule has 1 fully saturated rings. The van der Waals surface area contributed by atoms with Gasteiger partial charge in [-0.3, -0.25) is 4.90 Å². The molecule has 0 aromatic heterocycles. The lowest BCUT2D eigenvalue weighted by atomic mass is 10.0. The van der Waals surface area contributed by atoms with Gasteiger partial charge in [0, 0.05) is 24.7 Å². The zero-order valence-corrected chi connectivity index (χ0v) is 18.9. The van der Waals surface area contributed by atoms with E-state index in [2.05, 4.69) is 9.62 Å². The van der Waals surface area contributed by atoms with Gasteiger partial charge in [-0.15, -0.1) is 0 Å². The minimum absolute atomic E-state index is 0.114. The normalized spacial score (nSPS) is 16.0. The lowest BCUT2D eigenvalue weighted by molar-refractivity contribution is 0.164. The standard InChI is InChI=1S/C22H29FN2O5S/c1-28-17-9-7-16(8-10-17)19(25-11-5-4-6-12-25)15-24-31(26,27)22-14-21(30-3)20(29-2)13-18(22)23/h7-10,13-14,19,24H,4-6,11-12,15H2,1-3H3. The van der Waals surface area contributed by atoms with Crippen molar-refractivity contribution in [3.05, 3.63) is 47.8 Å². The summed E-state index contributed by atoms with van der Waals surface area (Å²) in [5.74, 6) is 0.105. The van der Waals surface area contributed by atoms with Crippen LogP contribution in [0.1, 0.15) is 30.9 Å². The van der Waals surface area contributed by atoms with Crippen molar-refractivity contribution in [2.45, 2.75) is 30.2 Å². The largest absolute Gasteiger partial charge is 0.497 e. The fourth-order valence-electron chi connectivity index (χ4n) is 3.82. The molecule has 31 heavy (non-hydrogen) atoms. The third kappa shape index (κ3) is 5.47. The highest BCUT2D eigenvalue weighted by atomic mass is 32.2. The van der Waals surface area contributed by atoms with Crippen molar-refractivity contribution in [3.63, 3.8) is 0 Å². The minimum Gasteiger partial charge on any atom is -0.497 e. The molecule has 1 aliphatic heterocycles. The molecule has 1 saturated heterocycles. The van der Waals surface area contributed by atoms with Crippen molar-refractivity contribution < 1.29 is 27.0 Å². The molecule has 0 saturated carbocycles. The summed E-state index contributed by atoms with van der Waals surface area (Å²) in [6.45, 7) is 1.87. The Morgan fingerprint density at radius 1 is 0.968 bits per heavy atom. The third-order valence-corrected chi connectivity index (χ3v) is 6.96.